The summed E-state index contributed by atoms with van der Waals surface area (Å²) in [5.74, 6) is -11.1. The van der Waals surface area contributed by atoms with Crippen LogP contribution in [-0.2, 0) is 12.2 Å². The molecule has 0 amide bonds. The summed E-state index contributed by atoms with van der Waals surface area (Å²) in [6.45, 7) is 2.14. The fraction of sp³-hybridized carbons (Fsp3) is 0.297. The number of halogens is 11. The lowest BCUT2D eigenvalue weighted by Gasteiger charge is -2.29. The van der Waals surface area contributed by atoms with E-state index in [-0.39, 0.29) is 24.3 Å². The highest BCUT2D eigenvalue weighted by Gasteiger charge is 2.42. The van der Waals surface area contributed by atoms with Crippen LogP contribution >= 0.6 is 0 Å². The first-order chi connectivity index (χ1) is 24.1. The molecule has 51 heavy (non-hydrogen) atoms. The molecule has 3 nitrogen and oxygen atoms in total. The first-order valence-electron chi connectivity index (χ1n) is 15.8. The number of benzene rings is 4. The smallest absolute Gasteiger partial charge is 0.432 e. The summed E-state index contributed by atoms with van der Waals surface area (Å²) in [4.78, 5) is 0. The van der Waals surface area contributed by atoms with Gasteiger partial charge in [-0.15, -0.1) is 0 Å². The van der Waals surface area contributed by atoms with Crippen LogP contribution in [0.2, 0.25) is 0 Å². The molecule has 0 aliphatic heterocycles. The van der Waals surface area contributed by atoms with Gasteiger partial charge in [-0.25, -0.2) is 22.0 Å². The standard InChI is InChI=1S/C37H29F11O3/c1-2-3-20-4-6-21(7-5-20)22-8-10-24(11-9-22)36(45,46)50-25-12-13-27(28(38)16-25)23-14-29(39)34(30(40)15-23)37(47,48)51-26-17-31(41)35(32(42)18-26)49-19-33(43)44/h8-21H,2-7H2,1H3. The van der Waals surface area contributed by atoms with Gasteiger partial charge in [0.2, 0.25) is 0 Å². The molecule has 5 rings (SSSR count). The number of ether oxygens (including phenoxy) is 3. The quantitative estimate of drug-likeness (QED) is 0.107. The fourth-order valence-electron chi connectivity index (χ4n) is 6.16. The van der Waals surface area contributed by atoms with E-state index in [2.05, 4.69) is 16.4 Å². The van der Waals surface area contributed by atoms with Crippen LogP contribution in [0.5, 0.6) is 17.2 Å². The third-order valence-electron chi connectivity index (χ3n) is 8.58. The minimum atomic E-state index is -4.91. The summed E-state index contributed by atoms with van der Waals surface area (Å²) in [5.41, 5.74) is -2.77. The van der Waals surface area contributed by atoms with Gasteiger partial charge in [0.1, 0.15) is 34.5 Å². The number of rotatable bonds is 12. The van der Waals surface area contributed by atoms with Gasteiger partial charge in [0.05, 0.1) is 5.56 Å². The monoisotopic (exact) mass is 730 g/mol. The zero-order valence-electron chi connectivity index (χ0n) is 26.7. The largest absolute Gasteiger partial charge is 0.453 e. The predicted molar refractivity (Wildman–Crippen MR) is 164 cm³/mol. The zero-order chi connectivity index (χ0) is 37.1. The van der Waals surface area contributed by atoms with E-state index in [9.17, 15) is 35.1 Å². The molecule has 0 bridgehead atoms. The topological polar surface area (TPSA) is 27.7 Å². The molecule has 272 valence electrons. The fourth-order valence-corrected chi connectivity index (χ4v) is 6.16. The molecule has 0 heterocycles. The maximum Gasteiger partial charge on any atom is 0.432 e. The van der Waals surface area contributed by atoms with Crippen molar-refractivity contribution in [3.05, 3.63) is 125 Å². The van der Waals surface area contributed by atoms with E-state index in [0.29, 0.717) is 24.1 Å². The second-order valence-corrected chi connectivity index (χ2v) is 12.1. The van der Waals surface area contributed by atoms with Crippen LogP contribution in [-0.4, -0.2) is 0 Å². The number of alkyl halides is 4. The summed E-state index contributed by atoms with van der Waals surface area (Å²) in [6.07, 6.45) is -5.20. The summed E-state index contributed by atoms with van der Waals surface area (Å²) < 4.78 is 170. The van der Waals surface area contributed by atoms with Crippen molar-refractivity contribution in [3.63, 3.8) is 0 Å². The molecule has 0 saturated heterocycles. The number of hydrogen-bond acceptors (Lipinski definition) is 3. The Bertz CT molecular complexity index is 1840. The van der Waals surface area contributed by atoms with Gasteiger partial charge in [-0.05, 0) is 85.0 Å². The molecule has 1 saturated carbocycles. The molecular weight excluding hydrogens is 701 g/mol. The van der Waals surface area contributed by atoms with Gasteiger partial charge >= 0.3 is 18.3 Å². The van der Waals surface area contributed by atoms with E-state index in [1.54, 1.807) is 12.1 Å². The average Bonchev–Trinajstić information content (AvgIpc) is 3.04. The molecule has 0 atom stereocenters. The van der Waals surface area contributed by atoms with Crippen molar-refractivity contribution < 1.29 is 62.5 Å². The lowest BCUT2D eigenvalue weighted by atomic mass is 9.77. The van der Waals surface area contributed by atoms with Gasteiger partial charge in [0.15, 0.2) is 23.6 Å². The summed E-state index contributed by atoms with van der Waals surface area (Å²) in [6, 6.07) is 8.76. The maximum atomic E-state index is 15.1. The van der Waals surface area contributed by atoms with Crippen molar-refractivity contribution in [2.45, 2.75) is 63.6 Å². The van der Waals surface area contributed by atoms with Crippen LogP contribution < -0.4 is 14.2 Å². The van der Waals surface area contributed by atoms with E-state index in [4.69, 9.17) is 4.74 Å². The Labute approximate surface area is 285 Å². The molecule has 0 spiro atoms. The number of hydrogen-bond donors (Lipinski definition) is 0. The van der Waals surface area contributed by atoms with Crippen molar-refractivity contribution in [1.29, 1.82) is 0 Å². The van der Waals surface area contributed by atoms with E-state index in [1.807, 2.05) is 0 Å². The molecule has 1 aliphatic rings. The third kappa shape index (κ3) is 8.77. The van der Waals surface area contributed by atoms with Gasteiger partial charge in [0.25, 0.3) is 0 Å². The Balaban J connectivity index is 1.29. The van der Waals surface area contributed by atoms with Crippen molar-refractivity contribution in [1.82, 2.24) is 0 Å². The molecule has 0 radical (unpaired) electrons. The highest BCUT2D eigenvalue weighted by Crippen LogP contribution is 2.41. The van der Waals surface area contributed by atoms with Gasteiger partial charge < -0.3 is 14.2 Å². The van der Waals surface area contributed by atoms with Crippen LogP contribution in [0.25, 0.3) is 11.1 Å². The first-order valence-corrected chi connectivity index (χ1v) is 15.8. The van der Waals surface area contributed by atoms with Gasteiger partial charge in [-0.3, -0.25) is 0 Å². The minimum absolute atomic E-state index is 0.0950. The molecule has 0 aromatic heterocycles. The minimum Gasteiger partial charge on any atom is -0.453 e. The van der Waals surface area contributed by atoms with Crippen LogP contribution in [0.4, 0.5) is 48.3 Å². The Morgan fingerprint density at radius 1 is 0.686 bits per heavy atom. The highest BCUT2D eigenvalue weighted by atomic mass is 19.3. The molecule has 1 aliphatic carbocycles. The lowest BCUT2D eigenvalue weighted by molar-refractivity contribution is -0.189. The molecule has 4 aromatic rings. The van der Waals surface area contributed by atoms with E-state index in [1.165, 1.54) is 18.6 Å². The predicted octanol–water partition coefficient (Wildman–Crippen LogP) is 12.5. The maximum absolute atomic E-state index is 15.1. The van der Waals surface area contributed by atoms with Gasteiger partial charge in [0, 0.05) is 23.8 Å². The summed E-state index contributed by atoms with van der Waals surface area (Å²) in [5, 5.41) is 0. The summed E-state index contributed by atoms with van der Waals surface area (Å²) >= 11 is 0. The van der Waals surface area contributed by atoms with E-state index in [0.717, 1.165) is 49.8 Å². The molecule has 14 heteroatoms. The normalized spacial score (nSPS) is 16.5. The Morgan fingerprint density at radius 3 is 1.80 bits per heavy atom. The van der Waals surface area contributed by atoms with Crippen molar-refractivity contribution in [2.24, 2.45) is 5.92 Å². The third-order valence-corrected chi connectivity index (χ3v) is 8.58. The van der Waals surface area contributed by atoms with Crippen LogP contribution in [0.1, 0.15) is 68.1 Å². The molecular formula is C37H29F11O3. The Morgan fingerprint density at radius 2 is 1.25 bits per heavy atom. The molecule has 4 aromatic carbocycles. The first kappa shape index (κ1) is 37.5. The second kappa shape index (κ2) is 15.2. The zero-order valence-corrected chi connectivity index (χ0v) is 26.7. The van der Waals surface area contributed by atoms with Gasteiger partial charge in [-0.1, -0.05) is 31.9 Å². The summed E-state index contributed by atoms with van der Waals surface area (Å²) in [7, 11) is 0. The molecule has 0 N–H and O–H groups in total. The SMILES string of the molecule is CCCC1CCC(c2ccc(C(F)(F)Oc3ccc(-c4cc(F)c(C(F)(F)Oc5cc(F)c(OC=C(F)F)c(F)c5)c(F)c4)c(F)c3)cc2)CC1. The second-order valence-electron chi connectivity index (χ2n) is 12.1. The lowest BCUT2D eigenvalue weighted by Crippen LogP contribution is -2.25. The van der Waals surface area contributed by atoms with E-state index >= 15 is 13.2 Å². The highest BCUT2D eigenvalue weighted by molar-refractivity contribution is 5.66. The van der Waals surface area contributed by atoms with Crippen molar-refractivity contribution in [3.8, 4) is 28.4 Å². The van der Waals surface area contributed by atoms with Crippen LogP contribution in [0.15, 0.2) is 79.1 Å². The van der Waals surface area contributed by atoms with Crippen LogP contribution in [0.3, 0.4) is 0 Å². The van der Waals surface area contributed by atoms with Crippen molar-refractivity contribution in [2.75, 3.05) is 0 Å². The average molecular weight is 731 g/mol. The Kier molecular flexibility index (Phi) is 11.2. The van der Waals surface area contributed by atoms with E-state index < -0.39 is 86.9 Å². The Hall–Kier alpha value is -4.75. The van der Waals surface area contributed by atoms with Crippen LogP contribution in [0, 0.1) is 35.0 Å². The van der Waals surface area contributed by atoms with Gasteiger partial charge in [-0.2, -0.15) is 26.3 Å². The molecule has 0 unspecified atom stereocenters. The molecule has 1 fully saturated rings. The van der Waals surface area contributed by atoms with Crippen molar-refractivity contribution >= 4 is 0 Å².